The zero-order valence-corrected chi connectivity index (χ0v) is 11.6. The molecule has 1 aliphatic heterocycles. The van der Waals surface area contributed by atoms with E-state index in [0.717, 1.165) is 36.1 Å². The predicted octanol–water partition coefficient (Wildman–Crippen LogP) is 3.12. The fraction of sp³-hybridized carbons (Fsp3) is 0.438. The van der Waals surface area contributed by atoms with Crippen LogP contribution >= 0.6 is 0 Å². The molecule has 0 amide bonds. The fourth-order valence-electron chi connectivity index (χ4n) is 3.26. The minimum absolute atomic E-state index is 0.112. The zero-order valence-electron chi connectivity index (χ0n) is 11.6. The van der Waals surface area contributed by atoms with Crippen molar-refractivity contribution in [2.24, 2.45) is 5.92 Å². The fourth-order valence-corrected chi connectivity index (χ4v) is 3.26. The highest BCUT2D eigenvalue weighted by Gasteiger charge is 2.37. The monoisotopic (exact) mass is 273 g/mol. The topological polar surface area (TPSA) is 53.7 Å². The molecule has 2 aromatic rings. The van der Waals surface area contributed by atoms with Crippen molar-refractivity contribution in [3.05, 3.63) is 36.1 Å². The van der Waals surface area contributed by atoms with E-state index in [2.05, 4.69) is 17.9 Å². The summed E-state index contributed by atoms with van der Waals surface area (Å²) in [5.41, 5.74) is 0.893. The molecule has 0 aliphatic carbocycles. The second-order valence-electron chi connectivity index (χ2n) is 5.43. The molecule has 0 saturated carbocycles. The summed E-state index contributed by atoms with van der Waals surface area (Å²) in [5.74, 6) is -0.0102. The zero-order chi connectivity index (χ0) is 14.1. The lowest BCUT2D eigenvalue weighted by Crippen LogP contribution is -2.34. The molecule has 1 saturated heterocycles. The van der Waals surface area contributed by atoms with Crippen LogP contribution in [0.15, 0.2) is 34.7 Å². The Bertz CT molecular complexity index is 586. The van der Waals surface area contributed by atoms with Crippen LogP contribution in [-0.4, -0.2) is 28.6 Å². The molecule has 20 heavy (non-hydrogen) atoms. The van der Waals surface area contributed by atoms with E-state index in [4.69, 9.17) is 4.42 Å². The van der Waals surface area contributed by atoms with Crippen molar-refractivity contribution < 1.29 is 14.3 Å². The number of aliphatic carboxylic acids is 1. The predicted molar refractivity (Wildman–Crippen MR) is 76.4 cm³/mol. The van der Waals surface area contributed by atoms with Gasteiger partial charge < -0.3 is 9.52 Å². The van der Waals surface area contributed by atoms with Crippen LogP contribution in [0.4, 0.5) is 0 Å². The summed E-state index contributed by atoms with van der Waals surface area (Å²) in [6, 6.07) is 10.1. The number of hydrogen-bond acceptors (Lipinski definition) is 3. The highest BCUT2D eigenvalue weighted by atomic mass is 16.4. The lowest BCUT2D eigenvalue weighted by Gasteiger charge is -2.24. The highest BCUT2D eigenvalue weighted by Crippen LogP contribution is 2.29. The third-order valence-electron chi connectivity index (χ3n) is 4.23. The van der Waals surface area contributed by atoms with Gasteiger partial charge in [-0.3, -0.25) is 9.69 Å². The van der Waals surface area contributed by atoms with Gasteiger partial charge in [-0.1, -0.05) is 25.1 Å². The summed E-state index contributed by atoms with van der Waals surface area (Å²) in [6.07, 6.45) is 1.59. The van der Waals surface area contributed by atoms with Gasteiger partial charge in [-0.2, -0.15) is 0 Å². The molecule has 2 atom stereocenters. The summed E-state index contributed by atoms with van der Waals surface area (Å²) in [5, 5.41) is 10.4. The molecule has 1 fully saturated rings. The van der Waals surface area contributed by atoms with E-state index in [0.29, 0.717) is 6.54 Å². The number of carboxylic acid groups (broad SMARTS) is 1. The van der Waals surface area contributed by atoms with Gasteiger partial charge in [0.15, 0.2) is 0 Å². The summed E-state index contributed by atoms with van der Waals surface area (Å²) in [7, 11) is 0. The largest absolute Gasteiger partial charge is 0.481 e. The average molecular weight is 273 g/mol. The number of nitrogens with zero attached hydrogens (tertiary/aromatic N) is 1. The standard InChI is InChI=1S/C16H19NO3/c1-2-14-13(16(18)19)7-8-17(14)10-12-9-11-5-3-4-6-15(11)20-12/h3-6,9,13-14H,2,7-8,10H2,1H3,(H,18,19). The van der Waals surface area contributed by atoms with Crippen LogP contribution in [0.2, 0.25) is 0 Å². The van der Waals surface area contributed by atoms with E-state index >= 15 is 0 Å². The molecular weight excluding hydrogens is 254 g/mol. The normalized spacial score (nSPS) is 23.4. The lowest BCUT2D eigenvalue weighted by molar-refractivity contribution is -0.142. The average Bonchev–Trinajstić information content (AvgIpc) is 3.01. The van der Waals surface area contributed by atoms with E-state index in [-0.39, 0.29) is 12.0 Å². The molecule has 1 aliphatic rings. The maximum Gasteiger partial charge on any atom is 0.308 e. The molecule has 106 valence electrons. The number of furan rings is 1. The van der Waals surface area contributed by atoms with Gasteiger partial charge in [0.2, 0.25) is 0 Å². The van der Waals surface area contributed by atoms with Gasteiger partial charge in [-0.25, -0.2) is 0 Å². The number of fused-ring (bicyclic) bond motifs is 1. The lowest BCUT2D eigenvalue weighted by atomic mass is 9.98. The number of likely N-dealkylation sites (tertiary alicyclic amines) is 1. The first-order valence-corrected chi connectivity index (χ1v) is 7.13. The Kier molecular flexibility index (Phi) is 3.49. The highest BCUT2D eigenvalue weighted by molar-refractivity contribution is 5.77. The second kappa shape index (κ2) is 5.29. The molecule has 2 heterocycles. The van der Waals surface area contributed by atoms with E-state index < -0.39 is 5.97 Å². The van der Waals surface area contributed by atoms with Crippen molar-refractivity contribution in [3.8, 4) is 0 Å². The minimum atomic E-state index is -0.677. The molecule has 1 aromatic carbocycles. The number of carbonyl (C=O) groups is 1. The molecule has 0 radical (unpaired) electrons. The van der Waals surface area contributed by atoms with Crippen LogP contribution in [0.3, 0.4) is 0 Å². The molecule has 0 spiro atoms. The second-order valence-corrected chi connectivity index (χ2v) is 5.43. The Morgan fingerprint density at radius 3 is 2.95 bits per heavy atom. The van der Waals surface area contributed by atoms with Crippen molar-refractivity contribution in [2.75, 3.05) is 6.54 Å². The molecular formula is C16H19NO3. The van der Waals surface area contributed by atoms with Gasteiger partial charge in [-0.15, -0.1) is 0 Å². The van der Waals surface area contributed by atoms with Crippen LogP contribution in [0.25, 0.3) is 11.0 Å². The number of carboxylic acids is 1. The summed E-state index contributed by atoms with van der Waals surface area (Å²) in [6.45, 7) is 3.57. The van der Waals surface area contributed by atoms with E-state index in [1.807, 2.05) is 24.3 Å². The van der Waals surface area contributed by atoms with Crippen LogP contribution in [0.5, 0.6) is 0 Å². The van der Waals surface area contributed by atoms with Crippen LogP contribution < -0.4 is 0 Å². The maximum absolute atomic E-state index is 11.3. The Morgan fingerprint density at radius 2 is 2.25 bits per heavy atom. The van der Waals surface area contributed by atoms with Crippen LogP contribution in [0.1, 0.15) is 25.5 Å². The molecule has 4 heteroatoms. The summed E-state index contributed by atoms with van der Waals surface area (Å²) >= 11 is 0. The Hall–Kier alpha value is -1.81. The van der Waals surface area contributed by atoms with Gasteiger partial charge in [0.1, 0.15) is 11.3 Å². The van der Waals surface area contributed by atoms with Gasteiger partial charge in [0.05, 0.1) is 12.5 Å². The molecule has 1 N–H and O–H groups in total. The van der Waals surface area contributed by atoms with Crippen LogP contribution in [0, 0.1) is 5.92 Å². The van der Waals surface area contributed by atoms with Gasteiger partial charge in [0.25, 0.3) is 0 Å². The third-order valence-corrected chi connectivity index (χ3v) is 4.23. The number of para-hydroxylation sites is 1. The van der Waals surface area contributed by atoms with Crippen molar-refractivity contribution >= 4 is 16.9 Å². The Balaban J connectivity index is 1.78. The van der Waals surface area contributed by atoms with Crippen molar-refractivity contribution in [1.82, 2.24) is 4.90 Å². The maximum atomic E-state index is 11.3. The van der Waals surface area contributed by atoms with Crippen molar-refractivity contribution in [1.29, 1.82) is 0 Å². The smallest absolute Gasteiger partial charge is 0.308 e. The molecule has 4 nitrogen and oxygen atoms in total. The number of hydrogen-bond donors (Lipinski definition) is 1. The third kappa shape index (κ3) is 2.31. The quantitative estimate of drug-likeness (QED) is 0.930. The Labute approximate surface area is 118 Å². The van der Waals surface area contributed by atoms with E-state index in [1.54, 1.807) is 0 Å². The number of rotatable bonds is 4. The summed E-state index contributed by atoms with van der Waals surface area (Å²) in [4.78, 5) is 13.5. The first kappa shape index (κ1) is 13.2. The molecule has 0 bridgehead atoms. The summed E-state index contributed by atoms with van der Waals surface area (Å²) < 4.78 is 5.83. The SMILES string of the molecule is CCC1C(C(=O)O)CCN1Cc1cc2ccccc2o1. The van der Waals surface area contributed by atoms with Gasteiger partial charge >= 0.3 is 5.97 Å². The molecule has 2 unspecified atom stereocenters. The van der Waals surface area contributed by atoms with Crippen molar-refractivity contribution in [3.63, 3.8) is 0 Å². The first-order chi connectivity index (χ1) is 9.69. The van der Waals surface area contributed by atoms with E-state index in [1.165, 1.54) is 0 Å². The van der Waals surface area contributed by atoms with Gasteiger partial charge in [-0.05, 0) is 31.5 Å². The first-order valence-electron chi connectivity index (χ1n) is 7.13. The molecule has 3 rings (SSSR count). The van der Waals surface area contributed by atoms with E-state index in [9.17, 15) is 9.90 Å². The van der Waals surface area contributed by atoms with Crippen LogP contribution in [-0.2, 0) is 11.3 Å². The molecule has 1 aromatic heterocycles. The minimum Gasteiger partial charge on any atom is -0.481 e. The van der Waals surface area contributed by atoms with Gasteiger partial charge in [0, 0.05) is 11.4 Å². The van der Waals surface area contributed by atoms with Crippen molar-refractivity contribution in [2.45, 2.75) is 32.4 Å². The number of benzene rings is 1. The Morgan fingerprint density at radius 1 is 1.45 bits per heavy atom.